The fourth-order valence-corrected chi connectivity index (χ4v) is 2.81. The Kier molecular flexibility index (Phi) is 3.60. The maximum atomic E-state index is 12.1. The van der Waals surface area contributed by atoms with Gasteiger partial charge in [0, 0.05) is 30.8 Å². The summed E-state index contributed by atoms with van der Waals surface area (Å²) >= 11 is 6.10. The number of nitrogens with zero attached hydrogens (tertiary/aromatic N) is 2. The van der Waals surface area contributed by atoms with Gasteiger partial charge in [0.2, 0.25) is 0 Å². The van der Waals surface area contributed by atoms with Crippen LogP contribution in [-0.4, -0.2) is 31.1 Å². The summed E-state index contributed by atoms with van der Waals surface area (Å²) in [6, 6.07) is 14.0. The molecular formula is C17H17ClN2O. The molecule has 4 heteroatoms. The number of amides is 2. The van der Waals surface area contributed by atoms with E-state index in [1.54, 1.807) is 4.90 Å². The summed E-state index contributed by atoms with van der Waals surface area (Å²) in [6.45, 7) is 3.56. The van der Waals surface area contributed by atoms with Crippen LogP contribution >= 0.6 is 11.6 Å². The third-order valence-corrected chi connectivity index (χ3v) is 4.12. The van der Waals surface area contributed by atoms with Crippen LogP contribution in [0.3, 0.4) is 0 Å². The minimum atomic E-state index is 0.0509. The molecule has 0 bridgehead atoms. The smallest absolute Gasteiger partial charge is 0.324 e. The molecule has 1 fully saturated rings. The lowest BCUT2D eigenvalue weighted by Gasteiger charge is -2.17. The highest BCUT2D eigenvalue weighted by molar-refractivity contribution is 6.30. The molecule has 1 saturated heterocycles. The van der Waals surface area contributed by atoms with Gasteiger partial charge in [-0.15, -0.1) is 0 Å². The Morgan fingerprint density at radius 2 is 1.90 bits per heavy atom. The number of carbonyl (C=O) groups is 1. The van der Waals surface area contributed by atoms with Crippen LogP contribution in [0.4, 0.5) is 10.5 Å². The Morgan fingerprint density at radius 1 is 1.10 bits per heavy atom. The Hall–Kier alpha value is -2.00. The van der Waals surface area contributed by atoms with Crippen molar-refractivity contribution in [2.24, 2.45) is 0 Å². The van der Waals surface area contributed by atoms with Gasteiger partial charge in [0.25, 0.3) is 0 Å². The maximum Gasteiger partial charge on any atom is 0.324 e. The maximum absolute atomic E-state index is 12.1. The average Bonchev–Trinajstić information content (AvgIpc) is 2.82. The monoisotopic (exact) mass is 300 g/mol. The van der Waals surface area contributed by atoms with Gasteiger partial charge >= 0.3 is 6.03 Å². The number of anilines is 1. The third kappa shape index (κ3) is 2.61. The molecule has 2 aromatic carbocycles. The summed E-state index contributed by atoms with van der Waals surface area (Å²) in [5, 5.41) is 0.720. The molecular weight excluding hydrogens is 284 g/mol. The van der Waals surface area contributed by atoms with Gasteiger partial charge in [0.1, 0.15) is 0 Å². The predicted molar refractivity (Wildman–Crippen MR) is 87.0 cm³/mol. The molecule has 0 aromatic heterocycles. The molecule has 1 aliphatic heterocycles. The van der Waals surface area contributed by atoms with Gasteiger partial charge in [-0.3, -0.25) is 4.90 Å². The Bertz CT molecular complexity index is 699. The third-order valence-electron chi connectivity index (χ3n) is 3.88. The minimum absolute atomic E-state index is 0.0509. The number of rotatable bonds is 2. The number of benzene rings is 2. The number of halogens is 1. The molecule has 2 amide bonds. The van der Waals surface area contributed by atoms with Crippen molar-refractivity contribution in [1.82, 2.24) is 4.90 Å². The Morgan fingerprint density at radius 3 is 2.62 bits per heavy atom. The van der Waals surface area contributed by atoms with E-state index in [0.29, 0.717) is 0 Å². The normalized spacial score (nSPS) is 14.9. The Balaban J connectivity index is 2.01. The molecule has 0 atom stereocenters. The van der Waals surface area contributed by atoms with Gasteiger partial charge in [-0.05, 0) is 47.9 Å². The van der Waals surface area contributed by atoms with Crippen molar-refractivity contribution in [3.8, 4) is 11.1 Å². The van der Waals surface area contributed by atoms with Crippen LogP contribution in [-0.2, 0) is 0 Å². The molecule has 3 nitrogen and oxygen atoms in total. The summed E-state index contributed by atoms with van der Waals surface area (Å²) in [7, 11) is 1.83. The summed E-state index contributed by atoms with van der Waals surface area (Å²) in [4.78, 5) is 15.6. The Labute approximate surface area is 129 Å². The molecule has 0 aliphatic carbocycles. The van der Waals surface area contributed by atoms with Crippen molar-refractivity contribution in [3.63, 3.8) is 0 Å². The van der Waals surface area contributed by atoms with E-state index in [9.17, 15) is 4.79 Å². The zero-order valence-electron chi connectivity index (χ0n) is 12.1. The molecule has 0 unspecified atom stereocenters. The lowest BCUT2D eigenvalue weighted by atomic mass is 10.00. The van der Waals surface area contributed by atoms with Crippen LogP contribution < -0.4 is 4.90 Å². The van der Waals surface area contributed by atoms with E-state index < -0.39 is 0 Å². The SMILES string of the molecule is Cc1ccc(Cl)cc1-c1cccc(N2CCN(C)C2=O)c1. The zero-order valence-corrected chi connectivity index (χ0v) is 12.9. The highest BCUT2D eigenvalue weighted by atomic mass is 35.5. The molecule has 1 heterocycles. The van der Waals surface area contributed by atoms with Gasteiger partial charge in [0.15, 0.2) is 0 Å². The van der Waals surface area contributed by atoms with Crippen molar-refractivity contribution < 1.29 is 4.79 Å². The van der Waals surface area contributed by atoms with E-state index in [4.69, 9.17) is 11.6 Å². The second-order valence-corrected chi connectivity index (χ2v) is 5.80. The molecule has 21 heavy (non-hydrogen) atoms. The molecule has 0 N–H and O–H groups in total. The van der Waals surface area contributed by atoms with Crippen molar-refractivity contribution in [3.05, 3.63) is 53.1 Å². The second kappa shape index (κ2) is 5.41. The molecule has 2 aromatic rings. The first kappa shape index (κ1) is 14.0. The van der Waals surface area contributed by atoms with Crippen LogP contribution in [0.25, 0.3) is 11.1 Å². The molecule has 0 saturated carbocycles. The first-order valence-corrected chi connectivity index (χ1v) is 7.33. The van der Waals surface area contributed by atoms with Crippen LogP contribution in [0.1, 0.15) is 5.56 Å². The number of hydrogen-bond donors (Lipinski definition) is 0. The van der Waals surface area contributed by atoms with E-state index in [2.05, 4.69) is 13.0 Å². The van der Waals surface area contributed by atoms with Crippen LogP contribution in [0.15, 0.2) is 42.5 Å². The van der Waals surface area contributed by atoms with E-state index >= 15 is 0 Å². The highest BCUT2D eigenvalue weighted by Crippen LogP contribution is 2.30. The van der Waals surface area contributed by atoms with E-state index in [-0.39, 0.29) is 6.03 Å². The highest BCUT2D eigenvalue weighted by Gasteiger charge is 2.26. The van der Waals surface area contributed by atoms with Crippen LogP contribution in [0, 0.1) is 6.92 Å². The van der Waals surface area contributed by atoms with Gasteiger partial charge < -0.3 is 4.90 Å². The number of likely N-dealkylation sites (N-methyl/N-ethyl adjacent to an activating group) is 1. The van der Waals surface area contributed by atoms with Crippen molar-refractivity contribution in [1.29, 1.82) is 0 Å². The quantitative estimate of drug-likeness (QED) is 0.816. The average molecular weight is 301 g/mol. The standard InChI is InChI=1S/C17H17ClN2O/c1-12-6-7-14(18)11-16(12)13-4-3-5-15(10-13)20-9-8-19(2)17(20)21/h3-7,10-11H,8-9H2,1-2H3. The van der Waals surface area contributed by atoms with Gasteiger partial charge in [-0.2, -0.15) is 0 Å². The lowest BCUT2D eigenvalue weighted by molar-refractivity contribution is 0.229. The van der Waals surface area contributed by atoms with Gasteiger partial charge in [-0.25, -0.2) is 4.79 Å². The lowest BCUT2D eigenvalue weighted by Crippen LogP contribution is -2.29. The van der Waals surface area contributed by atoms with Crippen LogP contribution in [0.2, 0.25) is 5.02 Å². The minimum Gasteiger partial charge on any atom is -0.326 e. The van der Waals surface area contributed by atoms with Crippen molar-refractivity contribution in [2.45, 2.75) is 6.92 Å². The van der Waals surface area contributed by atoms with E-state index in [1.807, 2.05) is 48.3 Å². The second-order valence-electron chi connectivity index (χ2n) is 5.37. The topological polar surface area (TPSA) is 23.6 Å². The predicted octanol–water partition coefficient (Wildman–Crippen LogP) is 4.19. The fourth-order valence-electron chi connectivity index (χ4n) is 2.63. The van der Waals surface area contributed by atoms with Gasteiger partial charge in [0.05, 0.1) is 0 Å². The van der Waals surface area contributed by atoms with Crippen molar-refractivity contribution in [2.75, 3.05) is 25.0 Å². The molecule has 0 spiro atoms. The van der Waals surface area contributed by atoms with Crippen molar-refractivity contribution >= 4 is 23.3 Å². The van der Waals surface area contributed by atoms with Gasteiger partial charge in [-0.1, -0.05) is 29.8 Å². The summed E-state index contributed by atoms with van der Waals surface area (Å²) in [5.41, 5.74) is 4.28. The summed E-state index contributed by atoms with van der Waals surface area (Å²) in [5.74, 6) is 0. The first-order valence-electron chi connectivity index (χ1n) is 6.95. The molecule has 1 aliphatic rings. The first-order chi connectivity index (χ1) is 10.1. The number of carbonyl (C=O) groups excluding carboxylic acids is 1. The molecule has 0 radical (unpaired) electrons. The zero-order chi connectivity index (χ0) is 15.0. The summed E-state index contributed by atoms with van der Waals surface area (Å²) in [6.07, 6.45) is 0. The number of hydrogen-bond acceptors (Lipinski definition) is 1. The van der Waals surface area contributed by atoms with Crippen LogP contribution in [0.5, 0.6) is 0 Å². The number of urea groups is 1. The largest absolute Gasteiger partial charge is 0.326 e. The number of aryl methyl sites for hydroxylation is 1. The van der Waals surface area contributed by atoms with E-state index in [0.717, 1.165) is 34.9 Å². The summed E-state index contributed by atoms with van der Waals surface area (Å²) < 4.78 is 0. The fraction of sp³-hybridized carbons (Fsp3) is 0.235. The van der Waals surface area contributed by atoms with E-state index in [1.165, 1.54) is 5.56 Å². The molecule has 108 valence electrons. The molecule has 3 rings (SSSR count).